The number of hydrogen-bond donors (Lipinski definition) is 0. The van der Waals surface area contributed by atoms with Crippen molar-refractivity contribution in [3.05, 3.63) is 29.6 Å². The van der Waals surface area contributed by atoms with E-state index in [1.165, 1.54) is 6.07 Å². The first-order valence-corrected chi connectivity index (χ1v) is 5.13. The van der Waals surface area contributed by atoms with Gasteiger partial charge in [-0.15, -0.1) is 0 Å². The van der Waals surface area contributed by atoms with Gasteiger partial charge in [-0.2, -0.15) is 0 Å². The molecule has 0 heterocycles. The molecule has 0 saturated heterocycles. The Hall–Kier alpha value is -1.09. The van der Waals surface area contributed by atoms with Crippen molar-refractivity contribution < 1.29 is 4.39 Å². The highest BCUT2D eigenvalue weighted by molar-refractivity contribution is 5.52. The van der Waals surface area contributed by atoms with Gasteiger partial charge in [0.2, 0.25) is 0 Å². The van der Waals surface area contributed by atoms with Crippen molar-refractivity contribution >= 4 is 5.69 Å². The molecule has 0 fully saturated rings. The number of likely N-dealkylation sites (N-methyl/N-ethyl adjacent to an activating group) is 2. The van der Waals surface area contributed by atoms with E-state index >= 15 is 0 Å². The standard InChI is InChI=1S/C12H19FN2/c1-10-11(13)6-5-7-12(10)15(4)9-8-14(2)3/h5-7H,8-9H2,1-4H3. The first kappa shape index (κ1) is 12.0. The van der Waals surface area contributed by atoms with Gasteiger partial charge in [0, 0.05) is 31.4 Å². The van der Waals surface area contributed by atoms with Gasteiger partial charge >= 0.3 is 0 Å². The fraction of sp³-hybridized carbons (Fsp3) is 0.500. The van der Waals surface area contributed by atoms with E-state index in [0.717, 1.165) is 24.3 Å². The number of anilines is 1. The van der Waals surface area contributed by atoms with Crippen LogP contribution in [-0.4, -0.2) is 39.1 Å². The first-order chi connectivity index (χ1) is 7.02. The van der Waals surface area contributed by atoms with Gasteiger partial charge in [-0.1, -0.05) is 6.07 Å². The smallest absolute Gasteiger partial charge is 0.128 e. The van der Waals surface area contributed by atoms with E-state index in [9.17, 15) is 4.39 Å². The zero-order valence-corrected chi connectivity index (χ0v) is 9.92. The van der Waals surface area contributed by atoms with E-state index in [1.54, 1.807) is 6.07 Å². The van der Waals surface area contributed by atoms with E-state index in [2.05, 4.69) is 9.80 Å². The Bertz CT molecular complexity index is 323. The third-order valence-electron chi connectivity index (χ3n) is 2.53. The fourth-order valence-corrected chi connectivity index (χ4v) is 1.48. The van der Waals surface area contributed by atoms with Crippen molar-refractivity contribution in [1.29, 1.82) is 0 Å². The van der Waals surface area contributed by atoms with Gasteiger partial charge in [-0.3, -0.25) is 0 Å². The van der Waals surface area contributed by atoms with Gasteiger partial charge in [0.25, 0.3) is 0 Å². The Labute approximate surface area is 91.3 Å². The van der Waals surface area contributed by atoms with Crippen molar-refractivity contribution in [3.8, 4) is 0 Å². The van der Waals surface area contributed by atoms with Crippen LogP contribution in [0.2, 0.25) is 0 Å². The normalized spacial score (nSPS) is 10.8. The fourth-order valence-electron chi connectivity index (χ4n) is 1.48. The van der Waals surface area contributed by atoms with Gasteiger partial charge in [0.05, 0.1) is 0 Å². The Morgan fingerprint density at radius 3 is 2.40 bits per heavy atom. The van der Waals surface area contributed by atoms with Crippen molar-refractivity contribution in [2.75, 3.05) is 39.1 Å². The molecular weight excluding hydrogens is 191 g/mol. The minimum atomic E-state index is -0.135. The number of nitrogens with zero attached hydrogens (tertiary/aromatic N) is 2. The van der Waals surface area contributed by atoms with Gasteiger partial charge in [-0.25, -0.2) is 4.39 Å². The van der Waals surface area contributed by atoms with Crippen LogP contribution >= 0.6 is 0 Å². The molecule has 1 rings (SSSR count). The monoisotopic (exact) mass is 210 g/mol. The van der Waals surface area contributed by atoms with Crippen LogP contribution in [0.1, 0.15) is 5.56 Å². The molecule has 0 spiro atoms. The summed E-state index contributed by atoms with van der Waals surface area (Å²) in [6.45, 7) is 3.68. The lowest BCUT2D eigenvalue weighted by Crippen LogP contribution is -2.28. The van der Waals surface area contributed by atoms with E-state index < -0.39 is 0 Å². The molecule has 0 radical (unpaired) electrons. The molecular formula is C12H19FN2. The lowest BCUT2D eigenvalue weighted by atomic mass is 10.2. The highest BCUT2D eigenvalue weighted by Gasteiger charge is 2.07. The number of hydrogen-bond acceptors (Lipinski definition) is 2. The van der Waals surface area contributed by atoms with E-state index in [0.29, 0.717) is 0 Å². The minimum Gasteiger partial charge on any atom is -0.373 e. The molecule has 0 amide bonds. The average Bonchev–Trinajstić information content (AvgIpc) is 2.18. The molecule has 0 atom stereocenters. The first-order valence-electron chi connectivity index (χ1n) is 5.13. The van der Waals surface area contributed by atoms with Crippen LogP contribution in [0.4, 0.5) is 10.1 Å². The maximum absolute atomic E-state index is 13.3. The van der Waals surface area contributed by atoms with Crippen molar-refractivity contribution in [1.82, 2.24) is 4.90 Å². The highest BCUT2D eigenvalue weighted by atomic mass is 19.1. The summed E-state index contributed by atoms with van der Waals surface area (Å²) in [6.07, 6.45) is 0. The van der Waals surface area contributed by atoms with Gasteiger partial charge < -0.3 is 9.80 Å². The van der Waals surface area contributed by atoms with Crippen LogP contribution in [0.15, 0.2) is 18.2 Å². The molecule has 15 heavy (non-hydrogen) atoms. The highest BCUT2D eigenvalue weighted by Crippen LogP contribution is 2.20. The summed E-state index contributed by atoms with van der Waals surface area (Å²) in [7, 11) is 6.06. The van der Waals surface area contributed by atoms with Crippen LogP contribution in [0.3, 0.4) is 0 Å². The summed E-state index contributed by atoms with van der Waals surface area (Å²) >= 11 is 0. The summed E-state index contributed by atoms with van der Waals surface area (Å²) in [5.74, 6) is -0.135. The third kappa shape index (κ3) is 3.20. The molecule has 84 valence electrons. The predicted octanol–water partition coefficient (Wildman–Crippen LogP) is 2.13. The lowest BCUT2D eigenvalue weighted by Gasteiger charge is -2.23. The number of rotatable bonds is 4. The second kappa shape index (κ2) is 5.12. The van der Waals surface area contributed by atoms with Crippen molar-refractivity contribution in [2.45, 2.75) is 6.92 Å². The van der Waals surface area contributed by atoms with Crippen LogP contribution in [0.5, 0.6) is 0 Å². The van der Waals surface area contributed by atoms with Crippen molar-refractivity contribution in [3.63, 3.8) is 0 Å². The van der Waals surface area contributed by atoms with E-state index in [-0.39, 0.29) is 5.82 Å². The van der Waals surface area contributed by atoms with Gasteiger partial charge in [-0.05, 0) is 33.2 Å². The molecule has 0 unspecified atom stereocenters. The van der Waals surface area contributed by atoms with Crippen LogP contribution in [-0.2, 0) is 0 Å². The molecule has 0 aromatic heterocycles. The van der Waals surface area contributed by atoms with Crippen LogP contribution in [0, 0.1) is 12.7 Å². The van der Waals surface area contributed by atoms with Crippen LogP contribution in [0.25, 0.3) is 0 Å². The third-order valence-corrected chi connectivity index (χ3v) is 2.53. The minimum absolute atomic E-state index is 0.135. The number of halogens is 1. The maximum atomic E-state index is 13.3. The van der Waals surface area contributed by atoms with Crippen LogP contribution < -0.4 is 4.90 Å². The Morgan fingerprint density at radius 2 is 1.80 bits per heavy atom. The molecule has 0 aliphatic rings. The quantitative estimate of drug-likeness (QED) is 0.751. The topological polar surface area (TPSA) is 6.48 Å². The molecule has 2 nitrogen and oxygen atoms in total. The Kier molecular flexibility index (Phi) is 4.09. The summed E-state index contributed by atoms with van der Waals surface area (Å²) in [5.41, 5.74) is 1.69. The zero-order valence-electron chi connectivity index (χ0n) is 9.92. The molecule has 0 aliphatic heterocycles. The molecule has 1 aromatic rings. The summed E-state index contributed by atoms with van der Waals surface area (Å²) in [4.78, 5) is 4.20. The maximum Gasteiger partial charge on any atom is 0.128 e. The van der Waals surface area contributed by atoms with Gasteiger partial charge in [0.1, 0.15) is 5.82 Å². The molecule has 0 N–H and O–H groups in total. The molecule has 1 aromatic carbocycles. The predicted molar refractivity (Wildman–Crippen MR) is 63.0 cm³/mol. The van der Waals surface area contributed by atoms with E-state index in [4.69, 9.17) is 0 Å². The zero-order chi connectivity index (χ0) is 11.4. The second-order valence-corrected chi connectivity index (χ2v) is 4.11. The SMILES string of the molecule is Cc1c(F)cccc1N(C)CCN(C)C. The van der Waals surface area contributed by atoms with Gasteiger partial charge in [0.15, 0.2) is 0 Å². The molecule has 0 bridgehead atoms. The van der Waals surface area contributed by atoms with Crippen molar-refractivity contribution in [2.24, 2.45) is 0 Å². The molecule has 0 aliphatic carbocycles. The summed E-state index contributed by atoms with van der Waals surface area (Å²) in [6, 6.07) is 5.20. The Morgan fingerprint density at radius 1 is 1.13 bits per heavy atom. The number of benzene rings is 1. The largest absolute Gasteiger partial charge is 0.373 e. The molecule has 3 heteroatoms. The average molecular weight is 210 g/mol. The van der Waals surface area contributed by atoms with E-state index in [1.807, 2.05) is 34.1 Å². The second-order valence-electron chi connectivity index (χ2n) is 4.11. The lowest BCUT2D eigenvalue weighted by molar-refractivity contribution is 0.416. The summed E-state index contributed by atoms with van der Waals surface area (Å²) < 4.78 is 13.3. The molecule has 0 saturated carbocycles. The summed E-state index contributed by atoms with van der Waals surface area (Å²) in [5, 5.41) is 0. The Balaban J connectivity index is 2.73.